The molecule has 1 saturated carbocycles. The highest BCUT2D eigenvalue weighted by Crippen LogP contribution is 2.48. The summed E-state index contributed by atoms with van der Waals surface area (Å²) in [6.45, 7) is 6.30. The molecule has 1 aliphatic carbocycles. The Kier molecular flexibility index (Phi) is 6.46. The molecule has 0 amide bonds. The number of nitrogens with zero attached hydrogens (tertiary/aromatic N) is 4. The molecule has 0 radical (unpaired) electrons. The maximum Gasteiger partial charge on any atom is 0.319 e. The summed E-state index contributed by atoms with van der Waals surface area (Å²) in [6.07, 6.45) is 5.67. The van der Waals surface area contributed by atoms with Crippen LogP contribution < -0.4 is 15.0 Å². The zero-order chi connectivity index (χ0) is 31.3. The smallest absolute Gasteiger partial charge is 0.319 e. The number of ether oxygens (including phenoxy) is 2. The van der Waals surface area contributed by atoms with E-state index in [-0.39, 0.29) is 44.6 Å². The quantitative estimate of drug-likeness (QED) is 0.279. The van der Waals surface area contributed by atoms with Gasteiger partial charge in [-0.25, -0.2) is 13.2 Å². The molecule has 0 spiro atoms. The monoisotopic (exact) mass is 631 g/mol. The number of aryl methyl sites for hydroxylation is 1. The predicted molar refractivity (Wildman–Crippen MR) is 168 cm³/mol. The summed E-state index contributed by atoms with van der Waals surface area (Å²) < 4.78 is 58.8. The first-order chi connectivity index (χ1) is 22.2. The number of anilines is 1. The predicted octanol–water partition coefficient (Wildman–Crippen LogP) is 5.45. The fraction of sp³-hybridized carbons (Fsp3) is 0.486. The summed E-state index contributed by atoms with van der Waals surface area (Å²) in [7, 11) is 0. The number of likely N-dealkylation sites (tertiary alicyclic amines) is 1. The summed E-state index contributed by atoms with van der Waals surface area (Å²) in [5.74, 6) is -2.39. The number of hydrogen-bond donors (Lipinski definition) is 2. The molecule has 4 aliphatic heterocycles. The van der Waals surface area contributed by atoms with E-state index in [1.54, 1.807) is 6.92 Å². The third kappa shape index (κ3) is 4.69. The maximum atomic E-state index is 17.0. The minimum atomic E-state index is -1.09. The van der Waals surface area contributed by atoms with Crippen LogP contribution >= 0.6 is 0 Å². The van der Waals surface area contributed by atoms with Gasteiger partial charge in [0.05, 0.1) is 19.3 Å². The Morgan fingerprint density at radius 3 is 2.57 bits per heavy atom. The van der Waals surface area contributed by atoms with Gasteiger partial charge in [-0.15, -0.1) is 0 Å². The van der Waals surface area contributed by atoms with Crippen molar-refractivity contribution in [2.45, 2.75) is 63.3 Å². The fourth-order valence-electron chi connectivity index (χ4n) is 8.35. The standard InChI is InChI=1S/C35H36F3N5O3/c1-18-8-26-32(31(38)28(18)25-11-23(44)9-19-2-5-27(36)30(37)29(19)25)40-34(41-33(26)42-12-20-3-4-21(13-42)39-20)46-17-35(6-7-35)16-43-14-24-10-22(43)15-45-24/h2,5,8-9,11,20-22,24,39,44H,3-4,6-7,10,12-17H2,1H3/t20?,21?,22-,24-/m1/s1. The molecule has 8 nitrogen and oxygen atoms in total. The number of fused-ring (bicyclic) bond motifs is 6. The fourth-order valence-corrected chi connectivity index (χ4v) is 8.35. The summed E-state index contributed by atoms with van der Waals surface area (Å²) in [4.78, 5) is 14.3. The van der Waals surface area contributed by atoms with Gasteiger partial charge in [0.2, 0.25) is 0 Å². The Labute approximate surface area is 264 Å². The van der Waals surface area contributed by atoms with Gasteiger partial charge in [-0.1, -0.05) is 6.07 Å². The van der Waals surface area contributed by atoms with Crippen LogP contribution in [0.1, 0.15) is 37.7 Å². The second-order valence-electron chi connectivity index (χ2n) is 14.2. The lowest BCUT2D eigenvalue weighted by atomic mass is 9.92. The molecule has 5 fully saturated rings. The van der Waals surface area contributed by atoms with Crippen LogP contribution in [0, 0.1) is 29.8 Å². The lowest BCUT2D eigenvalue weighted by Crippen LogP contribution is -2.51. The molecular formula is C35H36F3N5O3. The average molecular weight is 632 g/mol. The minimum Gasteiger partial charge on any atom is -0.508 e. The van der Waals surface area contributed by atoms with Crippen molar-refractivity contribution in [2.75, 3.05) is 44.3 Å². The number of nitrogens with one attached hydrogen (secondary N) is 1. The zero-order valence-electron chi connectivity index (χ0n) is 25.7. The lowest BCUT2D eigenvalue weighted by molar-refractivity contribution is 0.0176. The van der Waals surface area contributed by atoms with E-state index in [1.165, 1.54) is 18.2 Å². The SMILES string of the molecule is Cc1cc2c(N3CC4CCC(C3)N4)nc(OCC3(CN4C[C@H]5C[C@@H]4CO5)CC3)nc2c(F)c1-c1cc(O)cc2ccc(F)c(F)c12. The van der Waals surface area contributed by atoms with Gasteiger partial charge >= 0.3 is 6.01 Å². The third-order valence-electron chi connectivity index (χ3n) is 10.9. The largest absolute Gasteiger partial charge is 0.508 e. The number of piperazine rings is 1. The Morgan fingerprint density at radius 2 is 1.85 bits per heavy atom. The second-order valence-corrected chi connectivity index (χ2v) is 14.2. The number of aromatic hydroxyl groups is 1. The van der Waals surface area contributed by atoms with Gasteiger partial charge in [-0.3, -0.25) is 4.90 Å². The van der Waals surface area contributed by atoms with Crippen LogP contribution in [0.25, 0.3) is 32.8 Å². The first kappa shape index (κ1) is 28.5. The normalized spacial score (nSPS) is 26.5. The first-order valence-corrected chi connectivity index (χ1v) is 16.3. The van der Waals surface area contributed by atoms with Gasteiger partial charge in [0.1, 0.15) is 17.1 Å². The van der Waals surface area contributed by atoms with Gasteiger partial charge in [-0.2, -0.15) is 9.97 Å². The van der Waals surface area contributed by atoms with Crippen LogP contribution in [0.5, 0.6) is 11.8 Å². The van der Waals surface area contributed by atoms with E-state index in [9.17, 15) is 9.50 Å². The van der Waals surface area contributed by atoms with Gasteiger partial charge in [0.25, 0.3) is 0 Å². The van der Waals surface area contributed by atoms with Crippen molar-refractivity contribution in [3.8, 4) is 22.9 Å². The van der Waals surface area contributed by atoms with E-state index in [1.807, 2.05) is 6.07 Å². The molecule has 46 heavy (non-hydrogen) atoms. The van der Waals surface area contributed by atoms with Gasteiger partial charge < -0.3 is 24.8 Å². The second kappa shape index (κ2) is 10.4. The third-order valence-corrected chi connectivity index (χ3v) is 10.9. The van der Waals surface area contributed by atoms with E-state index in [0.29, 0.717) is 47.6 Å². The molecule has 4 aromatic rings. The molecule has 1 aromatic heterocycles. The topological polar surface area (TPSA) is 83.0 Å². The van der Waals surface area contributed by atoms with Crippen molar-refractivity contribution in [2.24, 2.45) is 5.41 Å². The van der Waals surface area contributed by atoms with Crippen LogP contribution in [0.15, 0.2) is 30.3 Å². The Hall–Kier alpha value is -3.67. The molecule has 9 rings (SSSR count). The molecule has 4 bridgehead atoms. The molecule has 240 valence electrons. The molecule has 4 saturated heterocycles. The Morgan fingerprint density at radius 1 is 1.04 bits per heavy atom. The number of phenolic OH excluding ortho intramolecular Hbond substituents is 1. The molecule has 5 heterocycles. The number of morpholine rings is 1. The van der Waals surface area contributed by atoms with Crippen molar-refractivity contribution in [3.63, 3.8) is 0 Å². The Bertz CT molecular complexity index is 1890. The number of aromatic nitrogens is 2. The van der Waals surface area contributed by atoms with Crippen molar-refractivity contribution < 1.29 is 27.8 Å². The number of halogens is 3. The highest BCUT2D eigenvalue weighted by atomic mass is 19.2. The van der Waals surface area contributed by atoms with Gasteiger partial charge in [-0.05, 0) is 79.8 Å². The lowest BCUT2D eigenvalue weighted by Gasteiger charge is -2.34. The highest BCUT2D eigenvalue weighted by Gasteiger charge is 2.49. The summed E-state index contributed by atoms with van der Waals surface area (Å²) in [5.41, 5.74) is 0.680. The van der Waals surface area contributed by atoms with Gasteiger partial charge in [0, 0.05) is 66.1 Å². The van der Waals surface area contributed by atoms with E-state index >= 15 is 8.78 Å². The van der Waals surface area contributed by atoms with Crippen molar-refractivity contribution in [3.05, 3.63) is 53.3 Å². The summed E-state index contributed by atoms with van der Waals surface area (Å²) in [6, 6.07) is 8.05. The number of hydrogen-bond acceptors (Lipinski definition) is 8. The van der Waals surface area contributed by atoms with Crippen LogP contribution in [-0.4, -0.2) is 83.6 Å². The summed E-state index contributed by atoms with van der Waals surface area (Å²) in [5, 5.41) is 14.9. The van der Waals surface area contributed by atoms with Gasteiger partial charge in [0.15, 0.2) is 17.5 Å². The van der Waals surface area contributed by atoms with Crippen LogP contribution in [0.3, 0.4) is 0 Å². The molecule has 4 atom stereocenters. The molecule has 5 aliphatic rings. The molecular weight excluding hydrogens is 595 g/mol. The number of benzene rings is 3. The number of phenols is 1. The first-order valence-electron chi connectivity index (χ1n) is 16.3. The van der Waals surface area contributed by atoms with E-state index in [0.717, 1.165) is 71.0 Å². The van der Waals surface area contributed by atoms with Crippen molar-refractivity contribution in [1.82, 2.24) is 20.2 Å². The summed E-state index contributed by atoms with van der Waals surface area (Å²) >= 11 is 0. The average Bonchev–Trinajstić information content (AvgIpc) is 3.29. The highest BCUT2D eigenvalue weighted by molar-refractivity contribution is 6.02. The van der Waals surface area contributed by atoms with Crippen LogP contribution in [0.4, 0.5) is 19.0 Å². The molecule has 2 unspecified atom stereocenters. The minimum absolute atomic E-state index is 0.0101. The Balaban J connectivity index is 1.14. The molecule has 2 N–H and O–H groups in total. The van der Waals surface area contributed by atoms with E-state index < -0.39 is 17.5 Å². The zero-order valence-corrected chi connectivity index (χ0v) is 25.7. The van der Waals surface area contributed by atoms with Crippen LogP contribution in [-0.2, 0) is 4.74 Å². The molecule has 3 aromatic carbocycles. The van der Waals surface area contributed by atoms with E-state index in [4.69, 9.17) is 14.5 Å². The maximum absolute atomic E-state index is 17.0. The van der Waals surface area contributed by atoms with Crippen LogP contribution in [0.2, 0.25) is 0 Å². The van der Waals surface area contributed by atoms with Crippen molar-refractivity contribution >= 4 is 27.5 Å². The number of rotatable bonds is 7. The molecule has 11 heteroatoms. The van der Waals surface area contributed by atoms with E-state index in [2.05, 4.69) is 20.1 Å². The van der Waals surface area contributed by atoms with Crippen molar-refractivity contribution in [1.29, 1.82) is 0 Å².